The first kappa shape index (κ1) is 9.81. The average Bonchev–Trinajstić information content (AvgIpc) is 2.50. The molecule has 68 valence electrons. The lowest BCUT2D eigenvalue weighted by atomic mass is 10.4. The van der Waals surface area contributed by atoms with Gasteiger partial charge in [-0.15, -0.1) is 11.6 Å². The Labute approximate surface area is 81.5 Å². The van der Waals surface area contributed by atoms with E-state index in [0.29, 0.717) is 11.3 Å². The highest BCUT2D eigenvalue weighted by atomic mass is 35.5. The summed E-state index contributed by atoms with van der Waals surface area (Å²) in [6, 6.07) is 0. The van der Waals surface area contributed by atoms with Crippen molar-refractivity contribution >= 4 is 23.8 Å². The molecule has 1 aromatic rings. The normalized spacial score (nSPS) is 13.3. The molecule has 0 amide bonds. The quantitative estimate of drug-likeness (QED) is 0.681. The second-order valence-electron chi connectivity index (χ2n) is 2.30. The van der Waals surface area contributed by atoms with Gasteiger partial charge in [-0.25, -0.2) is 4.98 Å². The van der Waals surface area contributed by atoms with Crippen LogP contribution in [0.25, 0.3) is 12.2 Å². The molecule has 1 rings (SSSR count). The number of rotatable bonds is 3. The van der Waals surface area contributed by atoms with Crippen LogP contribution >= 0.6 is 11.6 Å². The number of allylic oxidation sites excluding steroid dienone is 2. The molecule has 0 spiro atoms. The summed E-state index contributed by atoms with van der Waals surface area (Å²) in [5.74, 6) is 0.769. The summed E-state index contributed by atoms with van der Waals surface area (Å²) in [6.45, 7) is 7.16. The SMILES string of the molecule is C=C/C=c1/nc(CCl)o/c1=C/C=C. The van der Waals surface area contributed by atoms with Crippen LogP contribution in [0.5, 0.6) is 0 Å². The van der Waals surface area contributed by atoms with Gasteiger partial charge in [0.05, 0.1) is 5.88 Å². The summed E-state index contributed by atoms with van der Waals surface area (Å²) in [5, 5.41) is 0.727. The van der Waals surface area contributed by atoms with Crippen molar-refractivity contribution in [2.24, 2.45) is 0 Å². The van der Waals surface area contributed by atoms with Gasteiger partial charge in [0.25, 0.3) is 0 Å². The van der Waals surface area contributed by atoms with Crippen molar-refractivity contribution in [3.05, 3.63) is 42.0 Å². The number of hydrogen-bond donors (Lipinski definition) is 0. The lowest BCUT2D eigenvalue weighted by Crippen LogP contribution is -2.21. The van der Waals surface area contributed by atoms with E-state index >= 15 is 0 Å². The first-order valence-corrected chi connectivity index (χ1v) is 4.32. The number of hydrogen-bond acceptors (Lipinski definition) is 2. The third-order valence-corrected chi connectivity index (χ3v) is 1.61. The molecule has 0 saturated heterocycles. The number of oxazole rings is 1. The van der Waals surface area contributed by atoms with Crippen molar-refractivity contribution in [2.45, 2.75) is 5.88 Å². The van der Waals surface area contributed by atoms with Gasteiger partial charge in [0.2, 0.25) is 5.89 Å². The Hall–Kier alpha value is -1.28. The highest BCUT2D eigenvalue weighted by molar-refractivity contribution is 6.16. The van der Waals surface area contributed by atoms with E-state index in [2.05, 4.69) is 18.1 Å². The zero-order valence-electron chi connectivity index (χ0n) is 7.16. The lowest BCUT2D eigenvalue weighted by Gasteiger charge is -1.77. The summed E-state index contributed by atoms with van der Waals surface area (Å²) in [6.07, 6.45) is 6.78. The summed E-state index contributed by atoms with van der Waals surface area (Å²) in [5.41, 5.74) is 0.658. The fraction of sp³-hybridized carbons (Fsp3) is 0.100. The minimum absolute atomic E-state index is 0.267. The predicted molar refractivity (Wildman–Crippen MR) is 54.6 cm³/mol. The molecule has 3 heteroatoms. The van der Waals surface area contributed by atoms with E-state index in [9.17, 15) is 0 Å². The molecule has 0 aromatic carbocycles. The smallest absolute Gasteiger partial charge is 0.210 e. The molecule has 2 nitrogen and oxygen atoms in total. The molecule has 0 aliphatic rings. The van der Waals surface area contributed by atoms with Gasteiger partial charge in [-0.3, -0.25) is 0 Å². The fourth-order valence-corrected chi connectivity index (χ4v) is 1.02. The van der Waals surface area contributed by atoms with Gasteiger partial charge < -0.3 is 4.42 Å². The molecule has 0 radical (unpaired) electrons. The number of alkyl halides is 1. The third kappa shape index (κ3) is 2.33. The van der Waals surface area contributed by atoms with E-state index in [0.717, 1.165) is 5.35 Å². The van der Waals surface area contributed by atoms with Crippen LogP contribution in [0.4, 0.5) is 0 Å². The van der Waals surface area contributed by atoms with E-state index < -0.39 is 0 Å². The summed E-state index contributed by atoms with van der Waals surface area (Å²) in [7, 11) is 0. The Bertz CT molecular complexity index is 379. The Kier molecular flexibility index (Phi) is 3.53. The molecule has 13 heavy (non-hydrogen) atoms. The fourth-order valence-electron chi connectivity index (χ4n) is 0.906. The van der Waals surface area contributed by atoms with Crippen molar-refractivity contribution in [1.82, 2.24) is 4.98 Å². The van der Waals surface area contributed by atoms with Gasteiger partial charge in [0.15, 0.2) is 5.42 Å². The molecule has 0 aliphatic heterocycles. The largest absolute Gasteiger partial charge is 0.439 e. The van der Waals surface area contributed by atoms with Crippen LogP contribution in [0, 0.1) is 0 Å². The van der Waals surface area contributed by atoms with Crippen molar-refractivity contribution in [1.29, 1.82) is 0 Å². The number of nitrogens with zero attached hydrogens (tertiary/aromatic N) is 1. The number of halogens is 1. The van der Waals surface area contributed by atoms with Gasteiger partial charge in [-0.05, 0) is 12.2 Å². The molecule has 0 N–H and O–H groups in total. The second-order valence-corrected chi connectivity index (χ2v) is 2.56. The summed E-state index contributed by atoms with van der Waals surface area (Å²) < 4.78 is 5.31. The van der Waals surface area contributed by atoms with Gasteiger partial charge in [0.1, 0.15) is 5.35 Å². The molecule has 0 saturated carbocycles. The Morgan fingerprint density at radius 1 is 1.31 bits per heavy atom. The van der Waals surface area contributed by atoms with Gasteiger partial charge in [-0.2, -0.15) is 0 Å². The van der Waals surface area contributed by atoms with E-state index in [4.69, 9.17) is 16.0 Å². The lowest BCUT2D eigenvalue weighted by molar-refractivity contribution is 0.487. The van der Waals surface area contributed by atoms with Crippen molar-refractivity contribution in [3.8, 4) is 0 Å². The second kappa shape index (κ2) is 4.67. The number of aromatic nitrogens is 1. The average molecular weight is 196 g/mol. The van der Waals surface area contributed by atoms with Crippen LogP contribution in [0.2, 0.25) is 0 Å². The zero-order chi connectivity index (χ0) is 9.68. The molecular formula is C10H10ClNO. The topological polar surface area (TPSA) is 26.0 Å². The van der Waals surface area contributed by atoms with Crippen LogP contribution in [-0.2, 0) is 5.88 Å². The zero-order valence-corrected chi connectivity index (χ0v) is 7.92. The Morgan fingerprint density at radius 2 is 2.00 bits per heavy atom. The minimum atomic E-state index is 0.267. The van der Waals surface area contributed by atoms with Crippen LogP contribution in [0.1, 0.15) is 5.89 Å². The van der Waals surface area contributed by atoms with Gasteiger partial charge in [0, 0.05) is 0 Å². The molecule has 0 atom stereocenters. The van der Waals surface area contributed by atoms with Gasteiger partial charge in [-0.1, -0.05) is 25.3 Å². The van der Waals surface area contributed by atoms with E-state index in [1.165, 1.54) is 0 Å². The highest BCUT2D eigenvalue weighted by Crippen LogP contribution is 1.92. The summed E-state index contributed by atoms with van der Waals surface area (Å²) in [4.78, 5) is 4.13. The van der Waals surface area contributed by atoms with Crippen LogP contribution in [0.15, 0.2) is 29.7 Å². The maximum Gasteiger partial charge on any atom is 0.210 e. The molecular weight excluding hydrogens is 186 g/mol. The molecule has 1 heterocycles. The molecule has 1 aromatic heterocycles. The Balaban J connectivity index is 3.40. The molecule has 0 fully saturated rings. The van der Waals surface area contributed by atoms with Crippen molar-refractivity contribution < 1.29 is 4.42 Å². The third-order valence-electron chi connectivity index (χ3n) is 1.38. The maximum atomic E-state index is 5.58. The van der Waals surface area contributed by atoms with E-state index in [1.807, 2.05) is 0 Å². The van der Waals surface area contributed by atoms with Gasteiger partial charge >= 0.3 is 0 Å². The maximum absolute atomic E-state index is 5.58. The van der Waals surface area contributed by atoms with Crippen LogP contribution in [0.3, 0.4) is 0 Å². The molecule has 0 bridgehead atoms. The predicted octanol–water partition coefficient (Wildman–Crippen LogP) is 1.35. The van der Waals surface area contributed by atoms with Crippen molar-refractivity contribution in [3.63, 3.8) is 0 Å². The first-order valence-electron chi connectivity index (χ1n) is 3.79. The van der Waals surface area contributed by atoms with Crippen molar-refractivity contribution in [2.75, 3.05) is 0 Å². The van der Waals surface area contributed by atoms with Crippen LogP contribution in [-0.4, -0.2) is 4.98 Å². The standard InChI is InChI=1S/C10H10ClNO/c1-3-5-8-9(6-4-2)13-10(7-11)12-8/h3-6H,1-2,7H2/b8-5+,9-6+. The van der Waals surface area contributed by atoms with Crippen LogP contribution < -0.4 is 10.8 Å². The van der Waals surface area contributed by atoms with E-state index in [1.54, 1.807) is 24.3 Å². The monoisotopic (exact) mass is 195 g/mol. The first-order chi connectivity index (χ1) is 6.31. The molecule has 0 unspecified atom stereocenters. The minimum Gasteiger partial charge on any atom is -0.439 e. The van der Waals surface area contributed by atoms with E-state index in [-0.39, 0.29) is 5.88 Å². The molecule has 0 aliphatic carbocycles. The highest BCUT2D eigenvalue weighted by Gasteiger charge is 1.97. The summed E-state index contributed by atoms with van der Waals surface area (Å²) >= 11 is 5.58. The Morgan fingerprint density at radius 3 is 2.54 bits per heavy atom.